The standard InChI is InChI=1S/C26H27F5N4O6/c1-15-20(36-2)21(37-3)22(38-4)24(39-15)41-33-13-16-5-7-17(8-6-16)23-32-14-35(34-23)18-9-11-19(12-10-18)40-26(30,31)25(27,28)29/h5-15,20-22,24H,1-4H3/b33-13+/t15-,20+,21+,22-,24-/m0/s1. The Labute approximate surface area is 231 Å². The summed E-state index contributed by atoms with van der Waals surface area (Å²) < 4.78 is 90.7. The molecule has 5 atom stereocenters. The third-order valence-corrected chi connectivity index (χ3v) is 6.25. The molecule has 3 aromatic rings. The van der Waals surface area contributed by atoms with Crippen LogP contribution < -0.4 is 4.74 Å². The zero-order valence-electron chi connectivity index (χ0n) is 22.3. The molecule has 222 valence electrons. The SMILES string of the molecule is CO[C@H]1[C@H](OC)[C@H](O/N=C/c2ccc(-c3ncn(-c4ccc(OC(F)(F)C(F)(F)F)cc4)n3)cc2)O[C@@H](C)[C@H]1OC. The summed E-state index contributed by atoms with van der Waals surface area (Å²) in [7, 11) is 4.63. The minimum Gasteiger partial charge on any atom is -0.426 e. The molecule has 1 aromatic heterocycles. The van der Waals surface area contributed by atoms with Crippen molar-refractivity contribution in [2.24, 2.45) is 5.16 Å². The Balaban J connectivity index is 1.38. The molecule has 1 fully saturated rings. The lowest BCUT2D eigenvalue weighted by atomic mass is 9.99. The van der Waals surface area contributed by atoms with Crippen LogP contribution in [0.25, 0.3) is 17.1 Å². The van der Waals surface area contributed by atoms with E-state index in [-0.39, 0.29) is 12.2 Å². The van der Waals surface area contributed by atoms with Crippen molar-refractivity contribution in [2.75, 3.05) is 21.3 Å². The van der Waals surface area contributed by atoms with Crippen LogP contribution in [0, 0.1) is 0 Å². The Kier molecular flexibility index (Phi) is 9.21. The van der Waals surface area contributed by atoms with Gasteiger partial charge in [-0.1, -0.05) is 29.4 Å². The maximum atomic E-state index is 13.1. The van der Waals surface area contributed by atoms with Gasteiger partial charge in [-0.25, -0.2) is 9.67 Å². The fourth-order valence-corrected chi connectivity index (χ4v) is 4.16. The van der Waals surface area contributed by atoms with Gasteiger partial charge in [-0.2, -0.15) is 22.0 Å². The van der Waals surface area contributed by atoms with E-state index in [4.69, 9.17) is 23.8 Å². The van der Waals surface area contributed by atoms with Crippen LogP contribution >= 0.6 is 0 Å². The van der Waals surface area contributed by atoms with Gasteiger partial charge >= 0.3 is 12.3 Å². The van der Waals surface area contributed by atoms with Gasteiger partial charge in [0.1, 0.15) is 24.3 Å². The normalized spacial score (nSPS) is 23.6. The van der Waals surface area contributed by atoms with Gasteiger partial charge in [0, 0.05) is 26.9 Å². The number of nitrogens with zero attached hydrogens (tertiary/aromatic N) is 4. The number of hydrogen-bond donors (Lipinski definition) is 0. The second-order valence-electron chi connectivity index (χ2n) is 8.90. The fourth-order valence-electron chi connectivity index (χ4n) is 4.16. The minimum atomic E-state index is -5.83. The summed E-state index contributed by atoms with van der Waals surface area (Å²) >= 11 is 0. The second-order valence-corrected chi connectivity index (χ2v) is 8.90. The minimum absolute atomic E-state index is 0.325. The summed E-state index contributed by atoms with van der Waals surface area (Å²) in [5, 5.41) is 8.35. The topological polar surface area (TPSA) is 98.5 Å². The number of methoxy groups -OCH3 is 3. The van der Waals surface area contributed by atoms with Gasteiger partial charge in [0.15, 0.2) is 11.9 Å². The van der Waals surface area contributed by atoms with Gasteiger partial charge in [-0.3, -0.25) is 0 Å². The number of hydrogen-bond acceptors (Lipinski definition) is 9. The van der Waals surface area contributed by atoms with Crippen molar-refractivity contribution < 1.29 is 50.5 Å². The average molecular weight is 587 g/mol. The smallest absolute Gasteiger partial charge is 0.426 e. The highest BCUT2D eigenvalue weighted by atomic mass is 19.4. The second kappa shape index (κ2) is 12.5. The third kappa shape index (κ3) is 6.81. The van der Waals surface area contributed by atoms with Crippen molar-refractivity contribution in [3.8, 4) is 22.8 Å². The van der Waals surface area contributed by atoms with E-state index in [0.717, 1.165) is 12.1 Å². The molecule has 2 aromatic carbocycles. The van der Waals surface area contributed by atoms with Crippen molar-refractivity contribution in [3.63, 3.8) is 0 Å². The predicted molar refractivity (Wildman–Crippen MR) is 134 cm³/mol. The van der Waals surface area contributed by atoms with Gasteiger partial charge in [-0.05, 0) is 36.8 Å². The van der Waals surface area contributed by atoms with Crippen molar-refractivity contribution in [2.45, 2.75) is 49.9 Å². The molecular formula is C26H27F5N4O6. The first-order valence-corrected chi connectivity index (χ1v) is 12.2. The Morgan fingerprint density at radius 2 is 1.51 bits per heavy atom. The molecule has 0 unspecified atom stereocenters. The molecule has 1 aliphatic rings. The van der Waals surface area contributed by atoms with Gasteiger partial charge in [0.2, 0.25) is 0 Å². The van der Waals surface area contributed by atoms with E-state index in [2.05, 4.69) is 20.0 Å². The zero-order chi connectivity index (χ0) is 29.8. The number of ether oxygens (including phenoxy) is 5. The lowest BCUT2D eigenvalue weighted by Crippen LogP contribution is -2.59. The summed E-state index contributed by atoms with van der Waals surface area (Å²) in [5.74, 6) is -0.308. The number of aromatic nitrogens is 3. The average Bonchev–Trinajstić information content (AvgIpc) is 3.43. The zero-order valence-corrected chi connectivity index (χ0v) is 22.3. The van der Waals surface area contributed by atoms with Gasteiger partial charge < -0.3 is 28.5 Å². The lowest BCUT2D eigenvalue weighted by molar-refractivity contribution is -0.360. The Morgan fingerprint density at radius 3 is 2.10 bits per heavy atom. The van der Waals surface area contributed by atoms with Crippen LogP contribution in [0.1, 0.15) is 12.5 Å². The van der Waals surface area contributed by atoms with Crippen LogP contribution in [0.3, 0.4) is 0 Å². The van der Waals surface area contributed by atoms with Crippen molar-refractivity contribution >= 4 is 6.21 Å². The molecule has 0 spiro atoms. The number of rotatable bonds is 10. The molecule has 0 amide bonds. The number of alkyl halides is 5. The Hall–Kier alpha value is -3.66. The van der Waals surface area contributed by atoms with E-state index in [1.807, 2.05) is 6.92 Å². The largest absolute Gasteiger partial charge is 0.499 e. The van der Waals surface area contributed by atoms with Crippen LogP contribution in [0.4, 0.5) is 22.0 Å². The van der Waals surface area contributed by atoms with Crippen molar-refractivity contribution in [1.29, 1.82) is 0 Å². The van der Waals surface area contributed by atoms with Crippen LogP contribution in [-0.2, 0) is 23.8 Å². The lowest BCUT2D eigenvalue weighted by Gasteiger charge is -2.42. The fraction of sp³-hybridized carbons (Fsp3) is 0.423. The van der Waals surface area contributed by atoms with E-state index in [1.165, 1.54) is 36.5 Å². The van der Waals surface area contributed by atoms with Crippen molar-refractivity contribution in [3.05, 3.63) is 60.4 Å². The van der Waals surface area contributed by atoms with Crippen LogP contribution in [-0.4, -0.2) is 85.3 Å². The molecule has 0 saturated carbocycles. The highest BCUT2D eigenvalue weighted by Crippen LogP contribution is 2.37. The molecule has 1 saturated heterocycles. The number of benzene rings is 2. The third-order valence-electron chi connectivity index (χ3n) is 6.25. The monoisotopic (exact) mass is 586 g/mol. The van der Waals surface area contributed by atoms with E-state index >= 15 is 0 Å². The Bertz CT molecular complexity index is 1300. The van der Waals surface area contributed by atoms with Crippen LogP contribution in [0.5, 0.6) is 5.75 Å². The maximum Gasteiger partial charge on any atom is 0.499 e. The summed E-state index contributed by atoms with van der Waals surface area (Å²) in [6, 6.07) is 11.5. The highest BCUT2D eigenvalue weighted by Gasteiger charge is 2.61. The summed E-state index contributed by atoms with van der Waals surface area (Å²) in [5.41, 5.74) is 1.73. The molecule has 41 heavy (non-hydrogen) atoms. The highest BCUT2D eigenvalue weighted by molar-refractivity contribution is 5.80. The molecule has 10 nitrogen and oxygen atoms in total. The number of oxime groups is 1. The van der Waals surface area contributed by atoms with Gasteiger partial charge in [0.25, 0.3) is 6.29 Å². The number of halogens is 5. The first-order chi connectivity index (χ1) is 19.5. The summed E-state index contributed by atoms with van der Waals surface area (Å²) in [4.78, 5) is 9.78. The van der Waals surface area contributed by atoms with E-state index < -0.39 is 36.5 Å². The van der Waals surface area contributed by atoms with E-state index in [0.29, 0.717) is 22.6 Å². The molecule has 0 radical (unpaired) electrons. The molecule has 0 N–H and O–H groups in total. The predicted octanol–water partition coefficient (Wildman–Crippen LogP) is 4.61. The molecule has 0 bridgehead atoms. The Morgan fingerprint density at radius 1 is 0.878 bits per heavy atom. The molecule has 2 heterocycles. The first kappa shape index (κ1) is 30.3. The summed E-state index contributed by atoms with van der Waals surface area (Å²) in [6.45, 7) is 1.84. The molecular weight excluding hydrogens is 559 g/mol. The van der Waals surface area contributed by atoms with Crippen LogP contribution in [0.15, 0.2) is 60.0 Å². The maximum absolute atomic E-state index is 13.1. The quantitative estimate of drug-likeness (QED) is 0.193. The van der Waals surface area contributed by atoms with Gasteiger partial charge in [-0.15, -0.1) is 5.10 Å². The molecule has 0 aliphatic carbocycles. The van der Waals surface area contributed by atoms with E-state index in [1.54, 1.807) is 38.5 Å². The van der Waals surface area contributed by atoms with E-state index in [9.17, 15) is 22.0 Å². The van der Waals surface area contributed by atoms with Crippen molar-refractivity contribution in [1.82, 2.24) is 14.8 Å². The molecule has 4 rings (SSSR count). The molecule has 15 heteroatoms. The first-order valence-electron chi connectivity index (χ1n) is 12.2. The van der Waals surface area contributed by atoms with Crippen LogP contribution in [0.2, 0.25) is 0 Å². The van der Waals surface area contributed by atoms with Gasteiger partial charge in [0.05, 0.1) is 18.0 Å². The molecule has 1 aliphatic heterocycles. The summed E-state index contributed by atoms with van der Waals surface area (Å²) in [6.07, 6.45) is -10.8.